The Kier molecular flexibility index (Phi) is 5.05. The molecule has 0 spiro atoms. The first-order chi connectivity index (χ1) is 11.1. The van der Waals surface area contributed by atoms with Crippen molar-refractivity contribution in [1.29, 1.82) is 0 Å². The van der Waals surface area contributed by atoms with Gasteiger partial charge in [0.15, 0.2) is 11.6 Å². The van der Waals surface area contributed by atoms with Crippen molar-refractivity contribution in [1.82, 2.24) is 15.0 Å². The van der Waals surface area contributed by atoms with Crippen LogP contribution in [0.15, 0.2) is 29.1 Å². The van der Waals surface area contributed by atoms with E-state index < -0.39 is 0 Å². The zero-order valence-corrected chi connectivity index (χ0v) is 14.5. The van der Waals surface area contributed by atoms with Crippen LogP contribution < -0.4 is 9.64 Å². The van der Waals surface area contributed by atoms with Crippen molar-refractivity contribution in [3.05, 3.63) is 40.6 Å². The van der Waals surface area contributed by atoms with Crippen LogP contribution in [0.4, 0.5) is 10.2 Å². The highest BCUT2D eigenvalue weighted by atomic mass is 79.9. The lowest BCUT2D eigenvalue weighted by atomic mass is 9.98. The minimum Gasteiger partial charge on any atom is -0.476 e. The van der Waals surface area contributed by atoms with Gasteiger partial charge in [-0.15, -0.1) is 0 Å². The average Bonchev–Trinajstić information content (AvgIpc) is 2.55. The molecule has 0 aromatic carbocycles. The molecule has 1 aliphatic heterocycles. The fraction of sp³-hybridized carbons (Fsp3) is 0.438. The SMILES string of the molecule is Cc1nccnc1OCC1CCN(c2ncc(Br)cc2F)CC1. The molecule has 1 fully saturated rings. The van der Waals surface area contributed by atoms with Gasteiger partial charge in [0, 0.05) is 36.2 Å². The van der Waals surface area contributed by atoms with Crippen molar-refractivity contribution in [2.45, 2.75) is 19.8 Å². The zero-order chi connectivity index (χ0) is 16.2. The van der Waals surface area contributed by atoms with Gasteiger partial charge in [0.2, 0.25) is 5.88 Å². The Morgan fingerprint density at radius 2 is 2.00 bits per heavy atom. The second-order valence-electron chi connectivity index (χ2n) is 5.65. The molecule has 3 rings (SSSR count). The lowest BCUT2D eigenvalue weighted by Gasteiger charge is -2.32. The quantitative estimate of drug-likeness (QED) is 0.813. The predicted octanol–water partition coefficient (Wildman–Crippen LogP) is 3.38. The van der Waals surface area contributed by atoms with Gasteiger partial charge in [-0.1, -0.05) is 0 Å². The highest BCUT2D eigenvalue weighted by Crippen LogP contribution is 2.26. The number of ether oxygens (including phenoxy) is 1. The predicted molar refractivity (Wildman–Crippen MR) is 89.1 cm³/mol. The zero-order valence-electron chi connectivity index (χ0n) is 12.9. The Labute approximate surface area is 143 Å². The number of hydrogen-bond donors (Lipinski definition) is 0. The third-order valence-electron chi connectivity index (χ3n) is 3.99. The number of hydrogen-bond acceptors (Lipinski definition) is 5. The van der Waals surface area contributed by atoms with Crippen LogP contribution in [0.1, 0.15) is 18.5 Å². The van der Waals surface area contributed by atoms with Gasteiger partial charge >= 0.3 is 0 Å². The maximum absolute atomic E-state index is 14.0. The number of halogens is 2. The van der Waals surface area contributed by atoms with E-state index in [9.17, 15) is 4.39 Å². The Hall–Kier alpha value is -1.76. The molecule has 0 bridgehead atoms. The summed E-state index contributed by atoms with van der Waals surface area (Å²) in [5, 5.41) is 0. The molecule has 2 aromatic rings. The summed E-state index contributed by atoms with van der Waals surface area (Å²) in [6, 6.07) is 1.45. The van der Waals surface area contributed by atoms with Crippen molar-refractivity contribution in [3.63, 3.8) is 0 Å². The molecule has 0 radical (unpaired) electrons. The van der Waals surface area contributed by atoms with Crippen LogP contribution in [0, 0.1) is 18.7 Å². The average molecular weight is 381 g/mol. The van der Waals surface area contributed by atoms with E-state index in [1.807, 2.05) is 11.8 Å². The number of piperidine rings is 1. The van der Waals surface area contributed by atoms with Crippen molar-refractivity contribution in [3.8, 4) is 5.88 Å². The van der Waals surface area contributed by atoms with Gasteiger partial charge in [-0.05, 0) is 47.7 Å². The van der Waals surface area contributed by atoms with E-state index in [-0.39, 0.29) is 5.82 Å². The summed E-state index contributed by atoms with van der Waals surface area (Å²) in [6.07, 6.45) is 6.80. The van der Waals surface area contributed by atoms with Gasteiger partial charge < -0.3 is 9.64 Å². The molecule has 1 saturated heterocycles. The van der Waals surface area contributed by atoms with Crippen molar-refractivity contribution >= 4 is 21.7 Å². The number of aryl methyl sites for hydroxylation is 1. The lowest BCUT2D eigenvalue weighted by Crippen LogP contribution is -2.36. The van der Waals surface area contributed by atoms with E-state index >= 15 is 0 Å². The fourth-order valence-electron chi connectivity index (χ4n) is 2.68. The fourth-order valence-corrected chi connectivity index (χ4v) is 2.99. The normalized spacial score (nSPS) is 15.7. The molecule has 0 atom stereocenters. The minimum atomic E-state index is -0.288. The maximum atomic E-state index is 14.0. The van der Waals surface area contributed by atoms with E-state index in [0.29, 0.717) is 28.7 Å². The molecular weight excluding hydrogens is 363 g/mol. The molecular formula is C16H18BrFN4O. The van der Waals surface area contributed by atoms with Gasteiger partial charge in [0.1, 0.15) is 0 Å². The molecule has 0 unspecified atom stereocenters. The van der Waals surface area contributed by atoms with Crippen LogP contribution in [0.3, 0.4) is 0 Å². The van der Waals surface area contributed by atoms with Crippen molar-refractivity contribution in [2.75, 3.05) is 24.6 Å². The molecule has 0 N–H and O–H groups in total. The molecule has 23 heavy (non-hydrogen) atoms. The summed E-state index contributed by atoms with van der Waals surface area (Å²) in [4.78, 5) is 14.5. The molecule has 7 heteroatoms. The highest BCUT2D eigenvalue weighted by Gasteiger charge is 2.23. The van der Waals surface area contributed by atoms with Crippen LogP contribution in [0.5, 0.6) is 5.88 Å². The third kappa shape index (κ3) is 3.96. The molecule has 122 valence electrons. The molecule has 1 aliphatic rings. The van der Waals surface area contributed by atoms with Gasteiger partial charge in [-0.25, -0.2) is 14.4 Å². The standard InChI is InChI=1S/C16H18BrFN4O/c1-11-16(20-5-4-19-11)23-10-12-2-6-22(7-3-12)15-14(18)8-13(17)9-21-15/h4-5,8-9,12H,2-3,6-7,10H2,1H3. The van der Waals surface area contributed by atoms with E-state index in [2.05, 4.69) is 30.9 Å². The summed E-state index contributed by atoms with van der Waals surface area (Å²) in [5.41, 5.74) is 0.797. The molecule has 2 aromatic heterocycles. The van der Waals surface area contributed by atoms with Gasteiger partial charge in [-0.3, -0.25) is 4.98 Å². The number of nitrogens with zero attached hydrogens (tertiary/aromatic N) is 4. The summed E-state index contributed by atoms with van der Waals surface area (Å²) >= 11 is 3.23. The maximum Gasteiger partial charge on any atom is 0.235 e. The summed E-state index contributed by atoms with van der Waals surface area (Å²) in [6.45, 7) is 4.05. The first-order valence-electron chi connectivity index (χ1n) is 7.60. The van der Waals surface area contributed by atoms with Crippen molar-refractivity contribution < 1.29 is 9.13 Å². The first-order valence-corrected chi connectivity index (χ1v) is 8.39. The Morgan fingerprint density at radius 1 is 1.26 bits per heavy atom. The van der Waals surface area contributed by atoms with Crippen LogP contribution >= 0.6 is 15.9 Å². The van der Waals surface area contributed by atoms with Crippen LogP contribution in [0.2, 0.25) is 0 Å². The monoisotopic (exact) mass is 380 g/mol. The van der Waals surface area contributed by atoms with E-state index in [4.69, 9.17) is 4.74 Å². The second-order valence-corrected chi connectivity index (χ2v) is 6.56. The van der Waals surface area contributed by atoms with E-state index in [1.54, 1.807) is 18.6 Å². The summed E-state index contributed by atoms with van der Waals surface area (Å²) in [5.74, 6) is 1.17. The van der Waals surface area contributed by atoms with E-state index in [0.717, 1.165) is 31.6 Å². The minimum absolute atomic E-state index is 0.288. The van der Waals surface area contributed by atoms with Gasteiger partial charge in [0.05, 0.1) is 12.3 Å². The number of pyridine rings is 1. The largest absolute Gasteiger partial charge is 0.476 e. The van der Waals surface area contributed by atoms with Gasteiger partial charge in [-0.2, -0.15) is 0 Å². The Bertz CT molecular complexity index is 677. The van der Waals surface area contributed by atoms with E-state index in [1.165, 1.54) is 6.07 Å². The van der Waals surface area contributed by atoms with Gasteiger partial charge in [0.25, 0.3) is 0 Å². The molecule has 3 heterocycles. The highest BCUT2D eigenvalue weighted by molar-refractivity contribution is 9.10. The van der Waals surface area contributed by atoms with Crippen molar-refractivity contribution in [2.24, 2.45) is 5.92 Å². The number of rotatable bonds is 4. The van der Waals surface area contributed by atoms with Crippen LogP contribution in [-0.2, 0) is 0 Å². The molecule has 5 nitrogen and oxygen atoms in total. The Morgan fingerprint density at radius 3 is 2.70 bits per heavy atom. The molecule has 0 aliphatic carbocycles. The lowest BCUT2D eigenvalue weighted by molar-refractivity contribution is 0.213. The summed E-state index contributed by atoms with van der Waals surface area (Å²) in [7, 11) is 0. The molecule has 0 amide bonds. The van der Waals surface area contributed by atoms with Crippen LogP contribution in [0.25, 0.3) is 0 Å². The number of aromatic nitrogens is 3. The topological polar surface area (TPSA) is 51.1 Å². The summed E-state index contributed by atoms with van der Waals surface area (Å²) < 4.78 is 20.4. The molecule has 0 saturated carbocycles. The van der Waals surface area contributed by atoms with Crippen LogP contribution in [-0.4, -0.2) is 34.6 Å². The second kappa shape index (κ2) is 7.21. The number of anilines is 1. The third-order valence-corrected chi connectivity index (χ3v) is 4.43. The first kappa shape index (κ1) is 16.1. The smallest absolute Gasteiger partial charge is 0.235 e. The Balaban J connectivity index is 1.53.